The van der Waals surface area contributed by atoms with E-state index < -0.39 is 11.6 Å². The maximum Gasteiger partial charge on any atom is 0.325 e. The number of rotatable bonds is 4. The molecular formula is C21H36N4O3. The Labute approximate surface area is 168 Å². The van der Waals surface area contributed by atoms with E-state index in [1.807, 2.05) is 11.9 Å². The van der Waals surface area contributed by atoms with Gasteiger partial charge in [-0.15, -0.1) is 0 Å². The van der Waals surface area contributed by atoms with E-state index in [1.54, 1.807) is 0 Å². The fourth-order valence-corrected chi connectivity index (χ4v) is 5.12. The van der Waals surface area contributed by atoms with Gasteiger partial charge in [-0.2, -0.15) is 0 Å². The Bertz CT molecular complexity index is 618. The summed E-state index contributed by atoms with van der Waals surface area (Å²) in [6.07, 6.45) is 5.25. The fourth-order valence-electron chi connectivity index (χ4n) is 5.12. The van der Waals surface area contributed by atoms with Crippen LogP contribution in [0.4, 0.5) is 4.79 Å². The molecular weight excluding hydrogens is 356 g/mol. The van der Waals surface area contributed by atoms with Gasteiger partial charge in [-0.25, -0.2) is 4.79 Å². The molecule has 0 radical (unpaired) electrons. The van der Waals surface area contributed by atoms with Crippen molar-refractivity contribution < 1.29 is 14.4 Å². The normalized spacial score (nSPS) is 31.4. The van der Waals surface area contributed by atoms with Gasteiger partial charge < -0.3 is 15.5 Å². The van der Waals surface area contributed by atoms with Crippen molar-refractivity contribution >= 4 is 17.8 Å². The quantitative estimate of drug-likeness (QED) is 0.717. The largest absolute Gasteiger partial charge is 0.341 e. The Morgan fingerprint density at radius 2 is 1.89 bits per heavy atom. The number of likely N-dealkylation sites (tertiary alicyclic amines) is 1. The van der Waals surface area contributed by atoms with E-state index in [2.05, 4.69) is 31.4 Å². The summed E-state index contributed by atoms with van der Waals surface area (Å²) < 4.78 is 0. The van der Waals surface area contributed by atoms with E-state index in [0.29, 0.717) is 37.8 Å². The fraction of sp³-hybridized carbons (Fsp3) is 0.857. The molecule has 1 spiro atoms. The molecule has 1 saturated carbocycles. The standard InChI is InChI=1S/C21H36N4O3/c1-20(2,3)16-7-9-21(10-8-16)18(27)25(19(28)23-21)14-17(26)24-11-5-6-15(13-24)12-22-4/h15-16,22H,5-14H2,1-4H3,(H,23,28). The third-order valence-electron chi connectivity index (χ3n) is 6.97. The molecule has 2 heterocycles. The minimum atomic E-state index is -0.796. The number of piperidine rings is 1. The molecule has 28 heavy (non-hydrogen) atoms. The summed E-state index contributed by atoms with van der Waals surface area (Å²) in [5.41, 5.74) is -0.587. The highest BCUT2D eigenvalue weighted by molar-refractivity contribution is 6.09. The van der Waals surface area contributed by atoms with Crippen LogP contribution in [0.2, 0.25) is 0 Å². The summed E-state index contributed by atoms with van der Waals surface area (Å²) in [5.74, 6) is 0.660. The number of urea groups is 1. The zero-order chi connectivity index (χ0) is 20.5. The van der Waals surface area contributed by atoms with Gasteiger partial charge in [-0.1, -0.05) is 20.8 Å². The highest BCUT2D eigenvalue weighted by atomic mass is 16.2. The molecule has 0 aromatic rings. The van der Waals surface area contributed by atoms with Crippen LogP contribution in [0.1, 0.15) is 59.3 Å². The maximum absolute atomic E-state index is 13.1. The van der Waals surface area contributed by atoms with Crippen LogP contribution in [0, 0.1) is 17.3 Å². The Balaban J connectivity index is 1.60. The summed E-state index contributed by atoms with van der Waals surface area (Å²) in [6.45, 7) is 8.84. The van der Waals surface area contributed by atoms with Gasteiger partial charge in [0.25, 0.3) is 5.91 Å². The first-order valence-electron chi connectivity index (χ1n) is 10.7. The SMILES string of the molecule is CNCC1CCCN(C(=O)CN2C(=O)NC3(CCC(C(C)(C)C)CC3)C2=O)C1. The molecule has 1 unspecified atom stereocenters. The molecule has 1 atom stereocenters. The monoisotopic (exact) mass is 392 g/mol. The highest BCUT2D eigenvalue weighted by Gasteiger charge is 2.53. The number of imide groups is 1. The van der Waals surface area contributed by atoms with Crippen molar-refractivity contribution in [3.63, 3.8) is 0 Å². The molecule has 3 fully saturated rings. The van der Waals surface area contributed by atoms with Crippen LogP contribution in [-0.2, 0) is 9.59 Å². The maximum atomic E-state index is 13.1. The Kier molecular flexibility index (Phi) is 6.03. The number of hydrogen-bond donors (Lipinski definition) is 2. The predicted molar refractivity (Wildman–Crippen MR) is 108 cm³/mol. The lowest BCUT2D eigenvalue weighted by Crippen LogP contribution is -2.51. The average Bonchev–Trinajstić information content (AvgIpc) is 2.86. The third-order valence-corrected chi connectivity index (χ3v) is 6.97. The summed E-state index contributed by atoms with van der Waals surface area (Å²) >= 11 is 0. The van der Waals surface area contributed by atoms with Gasteiger partial charge in [0, 0.05) is 13.1 Å². The lowest BCUT2D eigenvalue weighted by molar-refractivity contribution is -0.140. The molecule has 4 amide bonds. The third kappa shape index (κ3) is 4.19. The van der Waals surface area contributed by atoms with Crippen molar-refractivity contribution in [3.05, 3.63) is 0 Å². The van der Waals surface area contributed by atoms with E-state index in [4.69, 9.17) is 0 Å². The molecule has 3 aliphatic rings. The topological polar surface area (TPSA) is 81.8 Å². The zero-order valence-corrected chi connectivity index (χ0v) is 17.8. The Morgan fingerprint density at radius 3 is 2.50 bits per heavy atom. The van der Waals surface area contributed by atoms with Crippen molar-refractivity contribution in [3.8, 4) is 0 Å². The van der Waals surface area contributed by atoms with E-state index in [0.717, 1.165) is 37.1 Å². The molecule has 2 N–H and O–H groups in total. The molecule has 2 saturated heterocycles. The second-order valence-corrected chi connectivity index (χ2v) is 9.95. The smallest absolute Gasteiger partial charge is 0.325 e. The van der Waals surface area contributed by atoms with Gasteiger partial charge in [0.1, 0.15) is 12.1 Å². The molecule has 7 nitrogen and oxygen atoms in total. The van der Waals surface area contributed by atoms with Gasteiger partial charge in [-0.05, 0) is 69.4 Å². The van der Waals surface area contributed by atoms with Gasteiger partial charge >= 0.3 is 6.03 Å². The van der Waals surface area contributed by atoms with Gasteiger partial charge in [0.2, 0.25) is 5.91 Å². The van der Waals surface area contributed by atoms with E-state index >= 15 is 0 Å². The van der Waals surface area contributed by atoms with Gasteiger partial charge in [0.05, 0.1) is 0 Å². The molecule has 7 heteroatoms. The van der Waals surface area contributed by atoms with Crippen molar-refractivity contribution in [2.75, 3.05) is 33.2 Å². The number of carbonyl (C=O) groups is 3. The minimum Gasteiger partial charge on any atom is -0.341 e. The summed E-state index contributed by atoms with van der Waals surface area (Å²) in [7, 11) is 1.92. The lowest BCUT2D eigenvalue weighted by Gasteiger charge is -2.40. The van der Waals surface area contributed by atoms with Crippen molar-refractivity contribution in [2.24, 2.45) is 17.3 Å². The second kappa shape index (κ2) is 8.01. The highest BCUT2D eigenvalue weighted by Crippen LogP contribution is 2.43. The van der Waals surface area contributed by atoms with Crippen LogP contribution in [0.25, 0.3) is 0 Å². The van der Waals surface area contributed by atoms with E-state index in [9.17, 15) is 14.4 Å². The van der Waals surface area contributed by atoms with Crippen LogP contribution >= 0.6 is 0 Å². The van der Waals surface area contributed by atoms with Crippen molar-refractivity contribution in [1.82, 2.24) is 20.4 Å². The number of amides is 4. The van der Waals surface area contributed by atoms with Crippen LogP contribution in [0.5, 0.6) is 0 Å². The second-order valence-electron chi connectivity index (χ2n) is 9.95. The Hall–Kier alpha value is -1.63. The van der Waals surface area contributed by atoms with Gasteiger partial charge in [-0.3, -0.25) is 14.5 Å². The van der Waals surface area contributed by atoms with Crippen LogP contribution < -0.4 is 10.6 Å². The molecule has 0 aromatic heterocycles. The molecule has 0 aromatic carbocycles. The average molecular weight is 393 g/mol. The van der Waals surface area contributed by atoms with Crippen LogP contribution in [0.3, 0.4) is 0 Å². The minimum absolute atomic E-state index is 0.121. The van der Waals surface area contributed by atoms with E-state index in [-0.39, 0.29) is 23.8 Å². The van der Waals surface area contributed by atoms with Crippen molar-refractivity contribution in [2.45, 2.75) is 64.8 Å². The summed E-state index contributed by atoms with van der Waals surface area (Å²) in [5, 5.41) is 6.11. The molecule has 0 bridgehead atoms. The first-order chi connectivity index (χ1) is 13.2. The lowest BCUT2D eigenvalue weighted by atomic mass is 9.67. The molecule has 158 valence electrons. The summed E-state index contributed by atoms with van der Waals surface area (Å²) in [4.78, 5) is 41.4. The van der Waals surface area contributed by atoms with Crippen LogP contribution in [0.15, 0.2) is 0 Å². The summed E-state index contributed by atoms with van der Waals surface area (Å²) in [6, 6.07) is -0.406. The number of hydrogen-bond acceptors (Lipinski definition) is 4. The zero-order valence-electron chi connectivity index (χ0n) is 17.8. The van der Waals surface area contributed by atoms with Crippen LogP contribution in [-0.4, -0.2) is 66.4 Å². The number of nitrogens with one attached hydrogen (secondary N) is 2. The first kappa shape index (κ1) is 21.1. The first-order valence-corrected chi connectivity index (χ1v) is 10.7. The number of carbonyl (C=O) groups excluding carboxylic acids is 3. The van der Waals surface area contributed by atoms with Gasteiger partial charge in [0.15, 0.2) is 0 Å². The van der Waals surface area contributed by atoms with Crippen molar-refractivity contribution in [1.29, 1.82) is 0 Å². The number of nitrogens with zero attached hydrogens (tertiary/aromatic N) is 2. The predicted octanol–water partition coefficient (Wildman–Crippen LogP) is 1.97. The molecule has 2 aliphatic heterocycles. The molecule has 1 aliphatic carbocycles. The van der Waals surface area contributed by atoms with E-state index in [1.165, 1.54) is 0 Å². The Morgan fingerprint density at radius 1 is 1.21 bits per heavy atom. The molecule has 3 rings (SSSR count).